The standard InChI is InChI=1S/C18H17F3N2O4S/c1-11(27-16-5-3-2-4-14(16)18(19,20)21)17(24)23-9-8-12-6-7-13(10-15(12)23)28(22,25)26/h2-7,10-11H,8-9H2,1H3,(H2,22,25,26). The normalized spacial score (nSPS) is 15.2. The second-order valence-corrected chi connectivity index (χ2v) is 7.89. The van der Waals surface area contributed by atoms with Crippen molar-refractivity contribution < 1.29 is 31.1 Å². The predicted molar refractivity (Wildman–Crippen MR) is 95.4 cm³/mol. The highest BCUT2D eigenvalue weighted by atomic mass is 32.2. The van der Waals surface area contributed by atoms with Crippen LogP contribution in [0.2, 0.25) is 0 Å². The molecule has 0 saturated carbocycles. The van der Waals surface area contributed by atoms with Crippen LogP contribution in [-0.2, 0) is 27.4 Å². The number of nitrogens with two attached hydrogens (primary N) is 1. The Balaban J connectivity index is 1.86. The van der Waals surface area contributed by atoms with Crippen LogP contribution >= 0.6 is 0 Å². The van der Waals surface area contributed by atoms with Gasteiger partial charge in [-0.1, -0.05) is 18.2 Å². The highest BCUT2D eigenvalue weighted by Gasteiger charge is 2.36. The van der Waals surface area contributed by atoms with Crippen molar-refractivity contribution in [2.45, 2.75) is 30.5 Å². The maximum atomic E-state index is 13.1. The summed E-state index contributed by atoms with van der Waals surface area (Å²) in [6, 6.07) is 8.82. The van der Waals surface area contributed by atoms with Crippen LogP contribution in [0, 0.1) is 0 Å². The van der Waals surface area contributed by atoms with Crippen LogP contribution in [0.3, 0.4) is 0 Å². The molecule has 1 atom stereocenters. The van der Waals surface area contributed by atoms with E-state index in [0.717, 1.165) is 17.7 Å². The number of ether oxygens (including phenoxy) is 1. The Kier molecular flexibility index (Phi) is 5.11. The molecule has 1 heterocycles. The van der Waals surface area contributed by atoms with Crippen LogP contribution < -0.4 is 14.8 Å². The molecule has 0 saturated heterocycles. The van der Waals surface area contributed by atoms with Gasteiger partial charge < -0.3 is 9.64 Å². The van der Waals surface area contributed by atoms with Crippen LogP contribution in [-0.4, -0.2) is 27.0 Å². The Bertz CT molecular complexity index is 1020. The molecule has 3 rings (SSSR count). The van der Waals surface area contributed by atoms with Gasteiger partial charge in [0, 0.05) is 12.2 Å². The maximum Gasteiger partial charge on any atom is 0.419 e. The Morgan fingerprint density at radius 1 is 1.21 bits per heavy atom. The molecule has 28 heavy (non-hydrogen) atoms. The molecule has 2 aromatic rings. The van der Waals surface area contributed by atoms with Gasteiger partial charge in [0.15, 0.2) is 6.10 Å². The number of carbonyl (C=O) groups is 1. The first kappa shape index (κ1) is 20.2. The number of halogens is 3. The van der Waals surface area contributed by atoms with Gasteiger partial charge in [0.25, 0.3) is 5.91 Å². The Morgan fingerprint density at radius 3 is 2.54 bits per heavy atom. The Labute approximate surface area is 159 Å². The quantitative estimate of drug-likeness (QED) is 0.833. The molecule has 0 bridgehead atoms. The zero-order valence-corrected chi connectivity index (χ0v) is 15.5. The number of carbonyl (C=O) groups excluding carboxylic acids is 1. The topological polar surface area (TPSA) is 89.7 Å². The van der Waals surface area contributed by atoms with Gasteiger partial charge in [-0.2, -0.15) is 13.2 Å². The second-order valence-electron chi connectivity index (χ2n) is 6.33. The third-order valence-electron chi connectivity index (χ3n) is 4.39. The van der Waals surface area contributed by atoms with Crippen LogP contribution in [0.15, 0.2) is 47.4 Å². The van der Waals surface area contributed by atoms with Crippen molar-refractivity contribution in [3.63, 3.8) is 0 Å². The summed E-state index contributed by atoms with van der Waals surface area (Å²) in [5.74, 6) is -1.03. The van der Waals surface area contributed by atoms with Crippen molar-refractivity contribution in [1.82, 2.24) is 0 Å². The summed E-state index contributed by atoms with van der Waals surface area (Å²) in [7, 11) is -3.96. The lowest BCUT2D eigenvalue weighted by atomic mass is 10.2. The van der Waals surface area contributed by atoms with Gasteiger partial charge in [0.05, 0.1) is 10.5 Å². The molecule has 0 aliphatic carbocycles. The molecule has 0 radical (unpaired) electrons. The number of rotatable bonds is 4. The van der Waals surface area contributed by atoms with Crippen molar-refractivity contribution in [2.75, 3.05) is 11.4 Å². The van der Waals surface area contributed by atoms with Gasteiger partial charge in [0.1, 0.15) is 5.75 Å². The number of hydrogen-bond donors (Lipinski definition) is 1. The van der Waals surface area contributed by atoms with Gasteiger partial charge in [-0.15, -0.1) is 0 Å². The molecule has 2 N–H and O–H groups in total. The predicted octanol–water partition coefficient (Wildman–Crippen LogP) is 2.71. The number of para-hydroxylation sites is 1. The number of alkyl halides is 3. The number of sulfonamides is 1. The Morgan fingerprint density at radius 2 is 1.89 bits per heavy atom. The zero-order chi connectivity index (χ0) is 20.7. The van der Waals surface area contributed by atoms with E-state index in [0.29, 0.717) is 12.1 Å². The fourth-order valence-corrected chi connectivity index (χ4v) is 3.56. The lowest BCUT2D eigenvalue weighted by Gasteiger charge is -2.24. The molecular weight excluding hydrogens is 397 g/mol. The molecular formula is C18H17F3N2O4S. The highest BCUT2D eigenvalue weighted by Crippen LogP contribution is 2.37. The fraction of sp³-hybridized carbons (Fsp3) is 0.278. The number of anilines is 1. The lowest BCUT2D eigenvalue weighted by Crippen LogP contribution is -2.39. The first-order valence-corrected chi connectivity index (χ1v) is 9.83. The average molecular weight is 414 g/mol. The number of benzene rings is 2. The van der Waals surface area contributed by atoms with Crippen LogP contribution in [0.4, 0.5) is 18.9 Å². The number of amides is 1. The van der Waals surface area contributed by atoms with Crippen molar-refractivity contribution in [1.29, 1.82) is 0 Å². The van der Waals surface area contributed by atoms with E-state index in [2.05, 4.69) is 0 Å². The van der Waals surface area contributed by atoms with Gasteiger partial charge >= 0.3 is 6.18 Å². The number of fused-ring (bicyclic) bond motifs is 1. The van der Waals surface area contributed by atoms with E-state index >= 15 is 0 Å². The van der Waals surface area contributed by atoms with E-state index < -0.39 is 39.5 Å². The summed E-state index contributed by atoms with van der Waals surface area (Å²) in [6.45, 7) is 1.61. The summed E-state index contributed by atoms with van der Waals surface area (Å²) < 4.78 is 67.8. The second kappa shape index (κ2) is 7.10. The average Bonchev–Trinajstić information content (AvgIpc) is 3.03. The zero-order valence-electron chi connectivity index (χ0n) is 14.7. The molecule has 6 nitrogen and oxygen atoms in total. The lowest BCUT2D eigenvalue weighted by molar-refractivity contribution is -0.140. The van der Waals surface area contributed by atoms with Crippen molar-refractivity contribution in [2.24, 2.45) is 5.14 Å². The van der Waals surface area contributed by atoms with Crippen molar-refractivity contribution in [3.8, 4) is 5.75 Å². The summed E-state index contributed by atoms with van der Waals surface area (Å²) in [5.41, 5.74) is 0.118. The first-order chi connectivity index (χ1) is 13.0. The highest BCUT2D eigenvalue weighted by molar-refractivity contribution is 7.89. The summed E-state index contributed by atoms with van der Waals surface area (Å²) >= 11 is 0. The van der Waals surface area contributed by atoms with E-state index in [9.17, 15) is 26.4 Å². The number of primary sulfonamides is 1. The van der Waals surface area contributed by atoms with E-state index in [1.165, 1.54) is 36.1 Å². The largest absolute Gasteiger partial charge is 0.480 e. The molecule has 1 aliphatic heterocycles. The van der Waals surface area contributed by atoms with Crippen molar-refractivity contribution in [3.05, 3.63) is 53.6 Å². The fourth-order valence-electron chi connectivity index (χ4n) is 3.03. The molecule has 0 spiro atoms. The smallest absolute Gasteiger partial charge is 0.419 e. The summed E-state index contributed by atoms with van der Waals surface area (Å²) in [4.78, 5) is 13.9. The molecule has 0 fully saturated rings. The van der Waals surface area contributed by atoms with E-state index in [1.807, 2.05) is 0 Å². The van der Waals surface area contributed by atoms with Gasteiger partial charge in [-0.3, -0.25) is 4.79 Å². The summed E-state index contributed by atoms with van der Waals surface area (Å²) in [6.07, 6.45) is -5.35. The van der Waals surface area contributed by atoms with Gasteiger partial charge in [0.2, 0.25) is 10.0 Å². The SMILES string of the molecule is CC(Oc1ccccc1C(F)(F)F)C(=O)N1CCc2ccc(S(N)(=O)=O)cc21. The van der Waals surface area contributed by atoms with Crippen molar-refractivity contribution >= 4 is 21.6 Å². The minimum atomic E-state index is -4.62. The molecule has 1 unspecified atom stereocenters. The minimum Gasteiger partial charge on any atom is -0.480 e. The molecule has 10 heteroatoms. The third kappa shape index (κ3) is 3.97. The van der Waals surface area contributed by atoms with Gasteiger partial charge in [-0.05, 0) is 43.2 Å². The monoisotopic (exact) mass is 414 g/mol. The molecule has 1 amide bonds. The molecule has 0 aromatic heterocycles. The maximum absolute atomic E-state index is 13.1. The van der Waals surface area contributed by atoms with E-state index in [-0.39, 0.29) is 11.4 Å². The number of nitrogens with zero attached hydrogens (tertiary/aromatic N) is 1. The van der Waals surface area contributed by atoms with Crippen LogP contribution in [0.1, 0.15) is 18.1 Å². The summed E-state index contributed by atoms with van der Waals surface area (Å²) in [5, 5.41) is 5.13. The Hall–Kier alpha value is -2.59. The van der Waals surface area contributed by atoms with Crippen LogP contribution in [0.5, 0.6) is 5.75 Å². The molecule has 150 valence electrons. The van der Waals surface area contributed by atoms with E-state index in [1.54, 1.807) is 6.07 Å². The van der Waals surface area contributed by atoms with Gasteiger partial charge in [-0.25, -0.2) is 13.6 Å². The number of hydrogen-bond acceptors (Lipinski definition) is 4. The molecule has 1 aliphatic rings. The first-order valence-electron chi connectivity index (χ1n) is 8.28. The van der Waals surface area contributed by atoms with Crippen LogP contribution in [0.25, 0.3) is 0 Å². The third-order valence-corrected chi connectivity index (χ3v) is 5.30. The minimum absolute atomic E-state index is 0.151. The molecule has 2 aromatic carbocycles. The van der Waals surface area contributed by atoms with E-state index in [4.69, 9.17) is 9.88 Å².